The minimum absolute atomic E-state index is 0.00886. The van der Waals surface area contributed by atoms with E-state index in [1.54, 1.807) is 21.8 Å². The maximum absolute atomic E-state index is 13.0. The van der Waals surface area contributed by atoms with Crippen LogP contribution in [0.2, 0.25) is 0 Å². The average molecular weight is 379 g/mol. The summed E-state index contributed by atoms with van der Waals surface area (Å²) < 4.78 is 1.69. The normalized spacial score (nSPS) is 10.9. The SMILES string of the molecule is CCCN(CC(=O)Nc1ccccc1C)C(=O)c1cnc2c(c1)c(C)nn2C. The summed E-state index contributed by atoms with van der Waals surface area (Å²) in [6.45, 7) is 6.28. The van der Waals surface area contributed by atoms with E-state index in [1.165, 1.54) is 0 Å². The van der Waals surface area contributed by atoms with Crippen LogP contribution in [0.4, 0.5) is 5.69 Å². The van der Waals surface area contributed by atoms with Gasteiger partial charge in [0.2, 0.25) is 5.91 Å². The maximum atomic E-state index is 13.0. The van der Waals surface area contributed by atoms with Gasteiger partial charge in [0, 0.05) is 30.9 Å². The number of carbonyl (C=O) groups is 2. The van der Waals surface area contributed by atoms with Crippen LogP contribution < -0.4 is 5.32 Å². The fourth-order valence-corrected chi connectivity index (χ4v) is 3.21. The number of pyridine rings is 1. The zero-order valence-corrected chi connectivity index (χ0v) is 16.7. The predicted molar refractivity (Wildman–Crippen MR) is 109 cm³/mol. The summed E-state index contributed by atoms with van der Waals surface area (Å²) >= 11 is 0. The van der Waals surface area contributed by atoms with Crippen LogP contribution in [-0.2, 0) is 11.8 Å². The lowest BCUT2D eigenvalue weighted by molar-refractivity contribution is -0.116. The lowest BCUT2D eigenvalue weighted by atomic mass is 10.1. The van der Waals surface area contributed by atoms with Gasteiger partial charge in [-0.2, -0.15) is 5.10 Å². The summed E-state index contributed by atoms with van der Waals surface area (Å²) in [6, 6.07) is 9.37. The third-order valence-electron chi connectivity index (χ3n) is 4.64. The number of anilines is 1. The number of nitrogens with zero attached hydrogens (tertiary/aromatic N) is 4. The van der Waals surface area contributed by atoms with Crippen LogP contribution in [-0.4, -0.2) is 44.6 Å². The Bertz CT molecular complexity index is 1020. The lowest BCUT2D eigenvalue weighted by Crippen LogP contribution is -2.38. The van der Waals surface area contributed by atoms with Gasteiger partial charge in [-0.25, -0.2) is 4.98 Å². The number of fused-ring (bicyclic) bond motifs is 1. The molecule has 0 aliphatic carbocycles. The van der Waals surface area contributed by atoms with Gasteiger partial charge in [0.15, 0.2) is 5.65 Å². The van der Waals surface area contributed by atoms with E-state index >= 15 is 0 Å². The Morgan fingerprint density at radius 3 is 2.68 bits per heavy atom. The zero-order chi connectivity index (χ0) is 20.3. The first-order valence-corrected chi connectivity index (χ1v) is 9.34. The molecule has 0 unspecified atom stereocenters. The molecule has 28 heavy (non-hydrogen) atoms. The summed E-state index contributed by atoms with van der Waals surface area (Å²) in [6.07, 6.45) is 2.30. The van der Waals surface area contributed by atoms with Crippen molar-refractivity contribution in [1.82, 2.24) is 19.7 Å². The summed E-state index contributed by atoms with van der Waals surface area (Å²) in [4.78, 5) is 31.5. The second kappa shape index (κ2) is 8.21. The molecule has 0 radical (unpaired) electrons. The molecule has 1 N–H and O–H groups in total. The molecule has 0 spiro atoms. The fraction of sp³-hybridized carbons (Fsp3) is 0.333. The molecule has 146 valence electrons. The Labute approximate surface area is 164 Å². The number of para-hydroxylation sites is 1. The highest BCUT2D eigenvalue weighted by molar-refractivity contribution is 6.01. The maximum Gasteiger partial charge on any atom is 0.255 e. The van der Waals surface area contributed by atoms with E-state index in [0.29, 0.717) is 12.1 Å². The first-order valence-electron chi connectivity index (χ1n) is 9.34. The Kier molecular flexibility index (Phi) is 5.73. The molecule has 2 amide bonds. The largest absolute Gasteiger partial charge is 0.329 e. The molecule has 7 nitrogen and oxygen atoms in total. The van der Waals surface area contributed by atoms with E-state index in [0.717, 1.165) is 34.4 Å². The lowest BCUT2D eigenvalue weighted by Gasteiger charge is -2.22. The van der Waals surface area contributed by atoms with E-state index in [1.807, 2.05) is 52.1 Å². The number of carbonyl (C=O) groups excluding carboxylic acids is 2. The smallest absolute Gasteiger partial charge is 0.255 e. The van der Waals surface area contributed by atoms with E-state index in [2.05, 4.69) is 15.4 Å². The number of hydrogen-bond acceptors (Lipinski definition) is 4. The standard InChI is InChI=1S/C21H25N5O2/c1-5-10-26(13-19(27)23-18-9-7-6-8-14(18)2)21(28)16-11-17-15(3)24-25(4)20(17)22-12-16/h6-9,11-12H,5,10,13H2,1-4H3,(H,23,27). The van der Waals surface area contributed by atoms with Crippen LogP contribution in [0, 0.1) is 13.8 Å². The van der Waals surface area contributed by atoms with Crippen LogP contribution in [0.3, 0.4) is 0 Å². The average Bonchev–Trinajstić information content (AvgIpc) is 2.96. The molecule has 0 saturated carbocycles. The van der Waals surface area contributed by atoms with Crippen molar-refractivity contribution in [3.63, 3.8) is 0 Å². The Morgan fingerprint density at radius 1 is 1.21 bits per heavy atom. The van der Waals surface area contributed by atoms with Crippen molar-refractivity contribution in [3.05, 3.63) is 53.3 Å². The molecule has 0 fully saturated rings. The van der Waals surface area contributed by atoms with Gasteiger partial charge < -0.3 is 10.2 Å². The van der Waals surface area contributed by atoms with Crippen LogP contribution in [0.5, 0.6) is 0 Å². The second-order valence-electron chi connectivity index (χ2n) is 6.89. The molecule has 0 atom stereocenters. The molecule has 3 rings (SSSR count). The highest BCUT2D eigenvalue weighted by atomic mass is 16.2. The van der Waals surface area contributed by atoms with Gasteiger partial charge in [0.25, 0.3) is 5.91 Å². The number of benzene rings is 1. The zero-order valence-electron chi connectivity index (χ0n) is 16.7. The van der Waals surface area contributed by atoms with Crippen molar-refractivity contribution in [2.45, 2.75) is 27.2 Å². The number of amides is 2. The number of rotatable bonds is 6. The number of aryl methyl sites for hydroxylation is 3. The Hall–Kier alpha value is -3.22. The molecule has 0 aliphatic heterocycles. The van der Waals surface area contributed by atoms with E-state index < -0.39 is 0 Å². The predicted octanol–water partition coefficient (Wildman–Crippen LogP) is 3.08. The molecule has 2 heterocycles. The summed E-state index contributed by atoms with van der Waals surface area (Å²) in [5, 5.41) is 8.07. The van der Waals surface area contributed by atoms with Gasteiger partial charge in [0.05, 0.1) is 11.3 Å². The highest BCUT2D eigenvalue weighted by Crippen LogP contribution is 2.18. The molecule has 2 aromatic heterocycles. The number of aromatic nitrogens is 3. The number of nitrogens with one attached hydrogen (secondary N) is 1. The van der Waals surface area contributed by atoms with Crippen LogP contribution >= 0.6 is 0 Å². The topological polar surface area (TPSA) is 80.1 Å². The van der Waals surface area contributed by atoms with E-state index in [4.69, 9.17) is 0 Å². The fourth-order valence-electron chi connectivity index (χ4n) is 3.21. The third-order valence-corrected chi connectivity index (χ3v) is 4.64. The van der Waals surface area contributed by atoms with E-state index in [9.17, 15) is 9.59 Å². The van der Waals surface area contributed by atoms with Gasteiger partial charge >= 0.3 is 0 Å². The van der Waals surface area contributed by atoms with Gasteiger partial charge in [0.1, 0.15) is 6.54 Å². The van der Waals surface area contributed by atoms with E-state index in [-0.39, 0.29) is 18.4 Å². The van der Waals surface area contributed by atoms with Gasteiger partial charge in [-0.1, -0.05) is 25.1 Å². The molecule has 7 heteroatoms. The van der Waals surface area contributed by atoms with Crippen molar-refractivity contribution in [1.29, 1.82) is 0 Å². The van der Waals surface area contributed by atoms with Crippen molar-refractivity contribution in [3.8, 4) is 0 Å². The quantitative estimate of drug-likeness (QED) is 0.714. The first-order chi connectivity index (χ1) is 13.4. The van der Waals surface area contributed by atoms with Crippen molar-refractivity contribution >= 4 is 28.5 Å². The van der Waals surface area contributed by atoms with Crippen molar-refractivity contribution in [2.24, 2.45) is 7.05 Å². The van der Waals surface area contributed by atoms with Gasteiger partial charge in [-0.05, 0) is 38.0 Å². The van der Waals surface area contributed by atoms with Crippen molar-refractivity contribution in [2.75, 3.05) is 18.4 Å². The second-order valence-corrected chi connectivity index (χ2v) is 6.89. The molecular formula is C21H25N5O2. The molecule has 3 aromatic rings. The summed E-state index contributed by atoms with van der Waals surface area (Å²) in [5.41, 5.74) is 3.74. The van der Waals surface area contributed by atoms with Crippen LogP contribution in [0.1, 0.15) is 35.0 Å². The van der Waals surface area contributed by atoms with Gasteiger partial charge in [-0.15, -0.1) is 0 Å². The third kappa shape index (κ3) is 4.03. The number of hydrogen-bond donors (Lipinski definition) is 1. The summed E-state index contributed by atoms with van der Waals surface area (Å²) in [5.74, 6) is -0.429. The molecule has 0 bridgehead atoms. The minimum atomic E-state index is -0.220. The monoisotopic (exact) mass is 379 g/mol. The Morgan fingerprint density at radius 2 is 1.96 bits per heavy atom. The Balaban J connectivity index is 1.79. The summed E-state index contributed by atoms with van der Waals surface area (Å²) in [7, 11) is 1.82. The van der Waals surface area contributed by atoms with Crippen molar-refractivity contribution < 1.29 is 9.59 Å². The molecule has 0 aliphatic rings. The molecule has 0 saturated heterocycles. The van der Waals surface area contributed by atoms with Crippen LogP contribution in [0.25, 0.3) is 11.0 Å². The molecular weight excluding hydrogens is 354 g/mol. The molecule has 1 aromatic carbocycles. The first kappa shape index (κ1) is 19.5. The highest BCUT2D eigenvalue weighted by Gasteiger charge is 2.20. The minimum Gasteiger partial charge on any atom is -0.329 e. The van der Waals surface area contributed by atoms with Gasteiger partial charge in [-0.3, -0.25) is 14.3 Å². The van der Waals surface area contributed by atoms with Crippen LogP contribution in [0.15, 0.2) is 36.5 Å².